The van der Waals surface area contributed by atoms with E-state index in [9.17, 15) is 18.3 Å². The molecule has 1 aromatic rings. The third-order valence-corrected chi connectivity index (χ3v) is 2.81. The van der Waals surface area contributed by atoms with Gasteiger partial charge in [-0.15, -0.1) is 0 Å². The highest BCUT2D eigenvalue weighted by atomic mass is 19.4. The number of nitrogens with zero attached hydrogens (tertiary/aromatic N) is 2. The SMILES string of the molecule is CCC(N)C(O)(c1cnn(CC)c1)C(F)(F)F. The molecular weight excluding hydrogens is 235 g/mol. The minimum Gasteiger partial charge on any atom is -0.375 e. The first kappa shape index (κ1) is 14.0. The van der Waals surface area contributed by atoms with Gasteiger partial charge in [-0.1, -0.05) is 6.92 Å². The number of hydrogen-bond donors (Lipinski definition) is 2. The Morgan fingerprint density at radius 3 is 2.41 bits per heavy atom. The number of aromatic nitrogens is 2. The lowest BCUT2D eigenvalue weighted by Gasteiger charge is -2.34. The summed E-state index contributed by atoms with van der Waals surface area (Å²) < 4.78 is 40.2. The number of hydrogen-bond acceptors (Lipinski definition) is 3. The maximum Gasteiger partial charge on any atom is 0.423 e. The molecule has 0 radical (unpaired) electrons. The van der Waals surface area contributed by atoms with Crippen molar-refractivity contribution >= 4 is 0 Å². The predicted octanol–water partition coefficient (Wildman–Crippen LogP) is 1.39. The van der Waals surface area contributed by atoms with Gasteiger partial charge in [0.15, 0.2) is 0 Å². The van der Waals surface area contributed by atoms with E-state index in [-0.39, 0.29) is 12.0 Å². The van der Waals surface area contributed by atoms with Crippen molar-refractivity contribution in [1.82, 2.24) is 9.78 Å². The summed E-state index contributed by atoms with van der Waals surface area (Å²) >= 11 is 0. The number of nitrogens with two attached hydrogens (primary N) is 1. The number of rotatable bonds is 4. The first-order valence-electron chi connectivity index (χ1n) is 5.34. The molecule has 1 rings (SSSR count). The van der Waals surface area contributed by atoms with E-state index in [1.807, 2.05) is 0 Å². The minimum absolute atomic E-state index is 0.00726. The van der Waals surface area contributed by atoms with Gasteiger partial charge in [0.05, 0.1) is 6.20 Å². The fraction of sp³-hybridized carbons (Fsp3) is 0.700. The van der Waals surface area contributed by atoms with Crippen molar-refractivity contribution in [3.8, 4) is 0 Å². The highest BCUT2D eigenvalue weighted by Crippen LogP contribution is 2.41. The normalized spacial score (nSPS) is 17.8. The van der Waals surface area contributed by atoms with Crippen LogP contribution in [0.25, 0.3) is 0 Å². The number of aryl methyl sites for hydroxylation is 1. The van der Waals surface area contributed by atoms with E-state index in [2.05, 4.69) is 5.10 Å². The molecule has 4 nitrogen and oxygen atoms in total. The highest BCUT2D eigenvalue weighted by molar-refractivity contribution is 5.21. The van der Waals surface area contributed by atoms with Gasteiger partial charge in [-0.2, -0.15) is 18.3 Å². The van der Waals surface area contributed by atoms with Crippen molar-refractivity contribution < 1.29 is 18.3 Å². The monoisotopic (exact) mass is 251 g/mol. The molecule has 0 fully saturated rings. The van der Waals surface area contributed by atoms with Crippen LogP contribution in [0.1, 0.15) is 25.8 Å². The van der Waals surface area contributed by atoms with Crippen LogP contribution in [0.3, 0.4) is 0 Å². The third kappa shape index (κ3) is 2.30. The summed E-state index contributed by atoms with van der Waals surface area (Å²) in [6.45, 7) is 3.66. The van der Waals surface area contributed by atoms with E-state index in [1.54, 1.807) is 6.92 Å². The van der Waals surface area contributed by atoms with Crippen molar-refractivity contribution in [2.45, 2.75) is 44.6 Å². The molecule has 0 saturated heterocycles. The second-order valence-electron chi connectivity index (χ2n) is 3.86. The van der Waals surface area contributed by atoms with Crippen LogP contribution in [0.2, 0.25) is 0 Å². The van der Waals surface area contributed by atoms with Crippen LogP contribution in [0, 0.1) is 0 Å². The van der Waals surface area contributed by atoms with Crippen molar-refractivity contribution in [3.63, 3.8) is 0 Å². The smallest absolute Gasteiger partial charge is 0.375 e. The van der Waals surface area contributed by atoms with Crippen molar-refractivity contribution in [1.29, 1.82) is 0 Å². The standard InChI is InChI=1S/C10H16F3N3O/c1-3-8(14)9(17,10(11,12)13)7-5-15-16(4-2)6-7/h5-6,8,17H,3-4,14H2,1-2H3. The molecule has 0 spiro atoms. The molecule has 2 unspecified atom stereocenters. The van der Waals surface area contributed by atoms with Crippen molar-refractivity contribution in [3.05, 3.63) is 18.0 Å². The van der Waals surface area contributed by atoms with E-state index < -0.39 is 17.8 Å². The highest BCUT2D eigenvalue weighted by Gasteiger charge is 2.58. The molecule has 3 N–H and O–H groups in total. The molecule has 0 aromatic carbocycles. The molecule has 0 saturated carbocycles. The van der Waals surface area contributed by atoms with Crippen LogP contribution in [0.5, 0.6) is 0 Å². The maximum absolute atomic E-state index is 13.0. The van der Waals surface area contributed by atoms with Crippen molar-refractivity contribution in [2.24, 2.45) is 5.73 Å². The van der Waals surface area contributed by atoms with Crippen LogP contribution >= 0.6 is 0 Å². The summed E-state index contributed by atoms with van der Waals surface area (Å²) in [7, 11) is 0. The maximum atomic E-state index is 13.0. The van der Waals surface area contributed by atoms with Crippen LogP contribution in [-0.2, 0) is 12.1 Å². The number of halogens is 3. The Balaban J connectivity index is 3.24. The lowest BCUT2D eigenvalue weighted by atomic mass is 9.86. The molecule has 0 amide bonds. The van der Waals surface area contributed by atoms with E-state index in [1.165, 1.54) is 17.8 Å². The second-order valence-corrected chi connectivity index (χ2v) is 3.86. The molecule has 0 aliphatic carbocycles. The molecule has 98 valence electrons. The third-order valence-electron chi connectivity index (χ3n) is 2.81. The van der Waals surface area contributed by atoms with Gasteiger partial charge in [-0.25, -0.2) is 0 Å². The van der Waals surface area contributed by atoms with E-state index >= 15 is 0 Å². The zero-order valence-electron chi connectivity index (χ0n) is 9.70. The first-order valence-corrected chi connectivity index (χ1v) is 5.34. The van der Waals surface area contributed by atoms with Crippen LogP contribution < -0.4 is 5.73 Å². The molecule has 0 aliphatic heterocycles. The van der Waals surface area contributed by atoms with Gasteiger partial charge in [-0.05, 0) is 13.3 Å². The van der Waals surface area contributed by atoms with Crippen LogP contribution in [0.4, 0.5) is 13.2 Å². The van der Waals surface area contributed by atoms with Gasteiger partial charge >= 0.3 is 6.18 Å². The summed E-state index contributed by atoms with van der Waals surface area (Å²) in [4.78, 5) is 0. The van der Waals surface area contributed by atoms with Gasteiger partial charge in [0.25, 0.3) is 0 Å². The Hall–Kier alpha value is -1.08. The molecular formula is C10H16F3N3O. The topological polar surface area (TPSA) is 64.1 Å². The summed E-state index contributed by atoms with van der Waals surface area (Å²) in [5.41, 5.74) is 2.05. The molecule has 7 heteroatoms. The zero-order valence-corrected chi connectivity index (χ0v) is 9.70. The van der Waals surface area contributed by atoms with Gasteiger partial charge in [-0.3, -0.25) is 4.68 Å². The zero-order chi connectivity index (χ0) is 13.3. The number of alkyl halides is 3. The Bertz CT molecular complexity index is 377. The lowest BCUT2D eigenvalue weighted by Crippen LogP contribution is -2.55. The van der Waals surface area contributed by atoms with E-state index in [4.69, 9.17) is 5.73 Å². The molecule has 1 aromatic heterocycles. The Kier molecular flexibility index (Phi) is 3.83. The molecule has 1 heterocycles. The Morgan fingerprint density at radius 2 is 2.06 bits per heavy atom. The average Bonchev–Trinajstić information content (AvgIpc) is 2.73. The van der Waals surface area contributed by atoms with E-state index in [0.29, 0.717) is 6.54 Å². The molecule has 0 aliphatic rings. The summed E-state index contributed by atoms with van der Waals surface area (Å²) in [5, 5.41) is 13.6. The van der Waals surface area contributed by atoms with Gasteiger partial charge in [0.1, 0.15) is 0 Å². The predicted molar refractivity (Wildman–Crippen MR) is 56.1 cm³/mol. The average molecular weight is 251 g/mol. The second kappa shape index (κ2) is 4.66. The summed E-state index contributed by atoms with van der Waals surface area (Å²) in [6, 6.07) is -1.42. The first-order chi connectivity index (χ1) is 7.77. The quantitative estimate of drug-likeness (QED) is 0.850. The largest absolute Gasteiger partial charge is 0.423 e. The van der Waals surface area contributed by atoms with Gasteiger partial charge in [0, 0.05) is 24.3 Å². The van der Waals surface area contributed by atoms with Crippen LogP contribution in [0.15, 0.2) is 12.4 Å². The molecule has 17 heavy (non-hydrogen) atoms. The lowest BCUT2D eigenvalue weighted by molar-refractivity contribution is -0.274. The molecule has 0 bridgehead atoms. The summed E-state index contributed by atoms with van der Waals surface area (Å²) in [6.07, 6.45) is -2.65. The van der Waals surface area contributed by atoms with E-state index in [0.717, 1.165) is 6.20 Å². The van der Waals surface area contributed by atoms with Crippen LogP contribution in [-0.4, -0.2) is 27.1 Å². The summed E-state index contributed by atoms with van der Waals surface area (Å²) in [5.74, 6) is 0. The van der Waals surface area contributed by atoms with Gasteiger partial charge in [0.2, 0.25) is 5.60 Å². The fourth-order valence-electron chi connectivity index (χ4n) is 1.62. The fourth-order valence-corrected chi connectivity index (χ4v) is 1.62. The number of aliphatic hydroxyl groups is 1. The Morgan fingerprint density at radius 1 is 1.47 bits per heavy atom. The molecule has 2 atom stereocenters. The Labute approximate surface area is 97.2 Å². The van der Waals surface area contributed by atoms with Gasteiger partial charge < -0.3 is 10.8 Å². The minimum atomic E-state index is -4.83. The van der Waals surface area contributed by atoms with Crippen molar-refractivity contribution in [2.75, 3.05) is 0 Å².